The lowest BCUT2D eigenvalue weighted by atomic mass is 9.94. The minimum absolute atomic E-state index is 0.129. The first-order valence-corrected chi connectivity index (χ1v) is 7.25. The Morgan fingerprint density at radius 1 is 1.42 bits per heavy atom. The van der Waals surface area contributed by atoms with Gasteiger partial charge >= 0.3 is 0 Å². The highest BCUT2D eigenvalue weighted by molar-refractivity contribution is 5.75. The van der Waals surface area contributed by atoms with Crippen LogP contribution in [0.4, 0.5) is 0 Å². The van der Waals surface area contributed by atoms with E-state index in [1.54, 1.807) is 6.26 Å². The predicted octanol–water partition coefficient (Wildman–Crippen LogP) is 2.48. The van der Waals surface area contributed by atoms with E-state index in [1.165, 1.54) is 0 Å². The van der Waals surface area contributed by atoms with Gasteiger partial charge in [0.1, 0.15) is 5.76 Å². The molecule has 1 aromatic rings. The molecule has 1 rings (SSSR count). The van der Waals surface area contributed by atoms with Crippen LogP contribution >= 0.6 is 0 Å². The van der Waals surface area contributed by atoms with Gasteiger partial charge in [-0.05, 0) is 37.4 Å². The second-order valence-corrected chi connectivity index (χ2v) is 4.95. The van der Waals surface area contributed by atoms with E-state index in [0.717, 1.165) is 37.9 Å². The molecule has 1 amide bonds. The number of rotatable bonds is 10. The van der Waals surface area contributed by atoms with E-state index in [-0.39, 0.29) is 5.91 Å². The highest BCUT2D eigenvalue weighted by Crippen LogP contribution is 2.16. The molecule has 1 heterocycles. The molecular formula is C15H26N2O2. The fraction of sp³-hybridized carbons (Fsp3) is 0.667. The Kier molecular flexibility index (Phi) is 7.98. The van der Waals surface area contributed by atoms with Crippen LogP contribution in [0.5, 0.6) is 0 Å². The summed E-state index contributed by atoms with van der Waals surface area (Å²) < 4.78 is 5.21. The van der Waals surface area contributed by atoms with Crippen LogP contribution in [-0.4, -0.2) is 19.0 Å². The van der Waals surface area contributed by atoms with Crippen molar-refractivity contribution in [2.24, 2.45) is 11.7 Å². The molecule has 1 aromatic heterocycles. The number of carbonyl (C=O) groups is 1. The molecule has 0 saturated heterocycles. The second kappa shape index (κ2) is 9.62. The smallest absolute Gasteiger partial charge is 0.220 e. The maximum Gasteiger partial charge on any atom is 0.220 e. The van der Waals surface area contributed by atoms with E-state index < -0.39 is 0 Å². The molecule has 3 N–H and O–H groups in total. The normalized spacial score (nSPS) is 12.3. The average Bonchev–Trinajstić information content (AvgIpc) is 2.90. The van der Waals surface area contributed by atoms with Crippen molar-refractivity contribution in [2.75, 3.05) is 13.1 Å². The molecule has 1 unspecified atom stereocenters. The monoisotopic (exact) mass is 266 g/mol. The molecule has 4 heteroatoms. The van der Waals surface area contributed by atoms with E-state index in [4.69, 9.17) is 10.2 Å². The van der Waals surface area contributed by atoms with Gasteiger partial charge in [-0.15, -0.1) is 0 Å². The van der Waals surface area contributed by atoms with Crippen LogP contribution in [0, 0.1) is 5.92 Å². The molecule has 0 aliphatic heterocycles. The Morgan fingerprint density at radius 2 is 2.26 bits per heavy atom. The summed E-state index contributed by atoms with van der Waals surface area (Å²) in [5, 5.41) is 2.93. The molecule has 0 aliphatic carbocycles. The summed E-state index contributed by atoms with van der Waals surface area (Å²) in [6.45, 7) is 3.53. The van der Waals surface area contributed by atoms with Crippen molar-refractivity contribution in [3.8, 4) is 0 Å². The van der Waals surface area contributed by atoms with Gasteiger partial charge in [0.25, 0.3) is 0 Å². The van der Waals surface area contributed by atoms with Crippen molar-refractivity contribution in [3.05, 3.63) is 24.2 Å². The Hall–Kier alpha value is -1.29. The molecule has 0 bridgehead atoms. The molecule has 0 spiro atoms. The lowest BCUT2D eigenvalue weighted by Gasteiger charge is -2.14. The largest absolute Gasteiger partial charge is 0.469 e. The van der Waals surface area contributed by atoms with Crippen LogP contribution < -0.4 is 11.1 Å². The zero-order valence-electron chi connectivity index (χ0n) is 11.9. The Morgan fingerprint density at radius 3 is 2.89 bits per heavy atom. The highest BCUT2D eigenvalue weighted by atomic mass is 16.3. The van der Waals surface area contributed by atoms with Crippen LogP contribution in [0.1, 0.15) is 44.8 Å². The first-order valence-electron chi connectivity index (χ1n) is 7.25. The molecule has 19 heavy (non-hydrogen) atoms. The predicted molar refractivity (Wildman–Crippen MR) is 76.7 cm³/mol. The first kappa shape index (κ1) is 15.8. The van der Waals surface area contributed by atoms with E-state index in [2.05, 4.69) is 12.2 Å². The van der Waals surface area contributed by atoms with Crippen LogP contribution in [-0.2, 0) is 11.2 Å². The number of hydrogen-bond acceptors (Lipinski definition) is 3. The molecule has 108 valence electrons. The van der Waals surface area contributed by atoms with Crippen molar-refractivity contribution >= 4 is 5.91 Å². The van der Waals surface area contributed by atoms with Gasteiger partial charge in [0, 0.05) is 19.4 Å². The molecular weight excluding hydrogens is 240 g/mol. The maximum absolute atomic E-state index is 11.7. The summed E-state index contributed by atoms with van der Waals surface area (Å²) in [5.41, 5.74) is 5.59. The zero-order chi connectivity index (χ0) is 13.9. The Bertz CT molecular complexity index is 330. The molecule has 4 nitrogen and oxygen atoms in total. The minimum atomic E-state index is 0.129. The first-order chi connectivity index (χ1) is 9.26. The third kappa shape index (κ3) is 7.01. The van der Waals surface area contributed by atoms with Crippen LogP contribution in [0.2, 0.25) is 0 Å². The van der Waals surface area contributed by atoms with Gasteiger partial charge in [0.05, 0.1) is 6.26 Å². The van der Waals surface area contributed by atoms with Crippen molar-refractivity contribution < 1.29 is 9.21 Å². The quantitative estimate of drug-likeness (QED) is 0.683. The number of nitrogens with one attached hydrogen (secondary N) is 1. The SMILES string of the molecule is CCCC(CCN)CCC(=O)NCCc1ccco1. The van der Waals surface area contributed by atoms with Gasteiger partial charge in [-0.3, -0.25) is 4.79 Å². The second-order valence-electron chi connectivity index (χ2n) is 4.95. The van der Waals surface area contributed by atoms with E-state index in [1.807, 2.05) is 12.1 Å². The van der Waals surface area contributed by atoms with Crippen LogP contribution in [0.3, 0.4) is 0 Å². The summed E-state index contributed by atoms with van der Waals surface area (Å²) in [4.78, 5) is 11.7. The Balaban J connectivity index is 2.12. The van der Waals surface area contributed by atoms with E-state index in [0.29, 0.717) is 25.4 Å². The molecule has 0 saturated carbocycles. The summed E-state index contributed by atoms with van der Waals surface area (Å²) >= 11 is 0. The van der Waals surface area contributed by atoms with Gasteiger partial charge in [-0.1, -0.05) is 19.8 Å². The summed E-state index contributed by atoms with van der Waals surface area (Å²) in [7, 11) is 0. The standard InChI is InChI=1S/C15H26N2O2/c1-2-4-13(8-10-16)6-7-15(18)17-11-9-14-5-3-12-19-14/h3,5,12-13H,2,4,6-11,16H2,1H3,(H,17,18). The number of furan rings is 1. The fourth-order valence-electron chi connectivity index (χ4n) is 2.28. The minimum Gasteiger partial charge on any atom is -0.469 e. The molecule has 0 aliphatic rings. The van der Waals surface area contributed by atoms with E-state index >= 15 is 0 Å². The lowest BCUT2D eigenvalue weighted by molar-refractivity contribution is -0.121. The summed E-state index contributed by atoms with van der Waals surface area (Å²) in [6.07, 6.45) is 7.29. The third-order valence-electron chi connectivity index (χ3n) is 3.33. The van der Waals surface area contributed by atoms with Crippen LogP contribution in [0.25, 0.3) is 0 Å². The molecule has 1 atom stereocenters. The summed E-state index contributed by atoms with van der Waals surface area (Å²) in [5.74, 6) is 1.63. The zero-order valence-corrected chi connectivity index (χ0v) is 11.9. The van der Waals surface area contributed by atoms with Crippen LogP contribution in [0.15, 0.2) is 22.8 Å². The number of carbonyl (C=O) groups excluding carboxylic acids is 1. The van der Waals surface area contributed by atoms with Gasteiger partial charge in [0.2, 0.25) is 5.91 Å². The van der Waals surface area contributed by atoms with Crippen molar-refractivity contribution in [2.45, 2.75) is 45.4 Å². The number of hydrogen-bond donors (Lipinski definition) is 2. The van der Waals surface area contributed by atoms with E-state index in [9.17, 15) is 4.79 Å². The third-order valence-corrected chi connectivity index (χ3v) is 3.33. The molecule has 0 radical (unpaired) electrons. The van der Waals surface area contributed by atoms with Gasteiger partial charge < -0.3 is 15.5 Å². The lowest BCUT2D eigenvalue weighted by Crippen LogP contribution is -2.26. The maximum atomic E-state index is 11.7. The van der Waals surface area contributed by atoms with Gasteiger partial charge in [-0.2, -0.15) is 0 Å². The number of nitrogens with two attached hydrogens (primary N) is 1. The average molecular weight is 266 g/mol. The van der Waals surface area contributed by atoms with Gasteiger partial charge in [0.15, 0.2) is 0 Å². The number of amides is 1. The van der Waals surface area contributed by atoms with Gasteiger partial charge in [-0.25, -0.2) is 0 Å². The fourth-order valence-corrected chi connectivity index (χ4v) is 2.28. The van der Waals surface area contributed by atoms with Crippen molar-refractivity contribution in [3.63, 3.8) is 0 Å². The van der Waals surface area contributed by atoms with Crippen molar-refractivity contribution in [1.29, 1.82) is 0 Å². The topological polar surface area (TPSA) is 68.3 Å². The summed E-state index contributed by atoms with van der Waals surface area (Å²) in [6, 6.07) is 3.78. The molecule has 0 fully saturated rings. The highest BCUT2D eigenvalue weighted by Gasteiger charge is 2.09. The molecule has 0 aromatic carbocycles. The Labute approximate surface area is 115 Å². The van der Waals surface area contributed by atoms with Crippen molar-refractivity contribution in [1.82, 2.24) is 5.32 Å².